The summed E-state index contributed by atoms with van der Waals surface area (Å²) in [7, 11) is 4.28. The van der Waals surface area contributed by atoms with Crippen molar-refractivity contribution in [1.29, 1.82) is 0 Å². The first-order chi connectivity index (χ1) is 10.1. The number of aromatic nitrogens is 1. The van der Waals surface area contributed by atoms with Crippen LogP contribution in [0.1, 0.15) is 16.2 Å². The maximum Gasteiger partial charge on any atom is 0.376 e. The molecule has 0 N–H and O–H groups in total. The highest BCUT2D eigenvalue weighted by atomic mass is 35.5. The average Bonchev–Trinajstić information content (AvgIpc) is 2.90. The van der Waals surface area contributed by atoms with Gasteiger partial charge in [0.25, 0.3) is 0 Å². The number of esters is 1. The number of hydrogen-bond acceptors (Lipinski definition) is 6. The lowest BCUT2D eigenvalue weighted by Gasteiger charge is -2.05. The molecule has 6 nitrogen and oxygen atoms in total. The molecular formula is C14H14ClNO5. The van der Waals surface area contributed by atoms with Gasteiger partial charge in [-0.05, 0) is 18.2 Å². The van der Waals surface area contributed by atoms with Gasteiger partial charge in [0, 0.05) is 12.1 Å². The van der Waals surface area contributed by atoms with E-state index in [0.29, 0.717) is 22.0 Å². The molecule has 1 heterocycles. The third kappa shape index (κ3) is 3.17. The molecule has 0 aliphatic rings. The predicted octanol–water partition coefficient (Wildman–Crippen LogP) is 2.94. The summed E-state index contributed by atoms with van der Waals surface area (Å²) in [5.41, 5.74) is 0.936. The van der Waals surface area contributed by atoms with Gasteiger partial charge in [-0.25, -0.2) is 9.78 Å². The quantitative estimate of drug-likeness (QED) is 0.791. The van der Waals surface area contributed by atoms with Crippen LogP contribution in [0.5, 0.6) is 5.75 Å². The molecule has 0 atom stereocenters. The molecule has 1 aromatic carbocycles. The van der Waals surface area contributed by atoms with E-state index >= 15 is 0 Å². The molecule has 7 heteroatoms. The van der Waals surface area contributed by atoms with E-state index in [1.54, 1.807) is 18.2 Å². The standard InChI is InChI=1S/C14H14ClNO5/c1-18-7-10-12(14(17)20-3)21-13(16-10)9-5-4-8(15)6-11(9)19-2/h4-6H,7H2,1-3H3. The van der Waals surface area contributed by atoms with Gasteiger partial charge in [0.1, 0.15) is 11.4 Å². The summed E-state index contributed by atoms with van der Waals surface area (Å²) in [5.74, 6) is 0.111. The molecule has 0 radical (unpaired) electrons. The third-order valence-corrected chi connectivity index (χ3v) is 2.98. The lowest BCUT2D eigenvalue weighted by molar-refractivity contribution is 0.0559. The van der Waals surface area contributed by atoms with Crippen molar-refractivity contribution in [3.63, 3.8) is 0 Å². The molecule has 0 aliphatic heterocycles. The number of carbonyl (C=O) groups is 1. The number of carbonyl (C=O) groups excluding carboxylic acids is 1. The Hall–Kier alpha value is -2.05. The number of benzene rings is 1. The number of ether oxygens (including phenoxy) is 3. The number of halogens is 1. The first-order valence-electron chi connectivity index (χ1n) is 6.01. The van der Waals surface area contributed by atoms with E-state index in [-0.39, 0.29) is 18.3 Å². The maximum atomic E-state index is 11.7. The van der Waals surface area contributed by atoms with Gasteiger partial charge in [-0.3, -0.25) is 0 Å². The summed E-state index contributed by atoms with van der Waals surface area (Å²) in [4.78, 5) is 16.0. The van der Waals surface area contributed by atoms with Crippen LogP contribution in [-0.2, 0) is 16.1 Å². The smallest absolute Gasteiger partial charge is 0.376 e. The number of methoxy groups -OCH3 is 3. The second-order valence-electron chi connectivity index (χ2n) is 4.06. The predicted molar refractivity (Wildman–Crippen MR) is 75.6 cm³/mol. The van der Waals surface area contributed by atoms with Crippen LogP contribution in [0.4, 0.5) is 0 Å². The van der Waals surface area contributed by atoms with Gasteiger partial charge in [0.15, 0.2) is 0 Å². The third-order valence-electron chi connectivity index (χ3n) is 2.74. The van der Waals surface area contributed by atoms with Crippen LogP contribution in [0.25, 0.3) is 11.5 Å². The highest BCUT2D eigenvalue weighted by Crippen LogP contribution is 2.33. The van der Waals surface area contributed by atoms with Crippen molar-refractivity contribution in [3.8, 4) is 17.2 Å². The van der Waals surface area contributed by atoms with E-state index in [1.165, 1.54) is 21.3 Å². The Morgan fingerprint density at radius 1 is 1.33 bits per heavy atom. The van der Waals surface area contributed by atoms with Gasteiger partial charge >= 0.3 is 5.97 Å². The van der Waals surface area contributed by atoms with Gasteiger partial charge < -0.3 is 18.6 Å². The van der Waals surface area contributed by atoms with Gasteiger partial charge in [0.05, 0.1) is 26.4 Å². The summed E-state index contributed by atoms with van der Waals surface area (Å²) in [6, 6.07) is 5.01. The van der Waals surface area contributed by atoms with Crippen molar-refractivity contribution in [3.05, 3.63) is 34.7 Å². The normalized spacial score (nSPS) is 10.5. The van der Waals surface area contributed by atoms with E-state index in [0.717, 1.165) is 0 Å². The Labute approximate surface area is 126 Å². The van der Waals surface area contributed by atoms with Crippen LogP contribution in [0.3, 0.4) is 0 Å². The summed E-state index contributed by atoms with van der Waals surface area (Å²) in [6.45, 7) is 0.129. The topological polar surface area (TPSA) is 70.8 Å². The van der Waals surface area contributed by atoms with Crippen LogP contribution in [0.15, 0.2) is 22.6 Å². The van der Waals surface area contributed by atoms with E-state index in [2.05, 4.69) is 9.72 Å². The lowest BCUT2D eigenvalue weighted by Crippen LogP contribution is -2.04. The first-order valence-corrected chi connectivity index (χ1v) is 6.39. The maximum absolute atomic E-state index is 11.7. The zero-order chi connectivity index (χ0) is 15.4. The molecular weight excluding hydrogens is 298 g/mol. The fourth-order valence-corrected chi connectivity index (χ4v) is 1.96. The lowest BCUT2D eigenvalue weighted by atomic mass is 10.2. The highest BCUT2D eigenvalue weighted by Gasteiger charge is 2.23. The van der Waals surface area contributed by atoms with Crippen molar-refractivity contribution in [1.82, 2.24) is 4.98 Å². The van der Waals surface area contributed by atoms with Gasteiger partial charge in [0.2, 0.25) is 11.7 Å². The van der Waals surface area contributed by atoms with Crippen LogP contribution < -0.4 is 4.74 Å². The molecule has 2 rings (SSSR count). The number of rotatable bonds is 5. The minimum absolute atomic E-state index is 0.00588. The largest absolute Gasteiger partial charge is 0.496 e. The van der Waals surface area contributed by atoms with Crippen LogP contribution in [0, 0.1) is 0 Å². The van der Waals surface area contributed by atoms with Gasteiger partial charge in [-0.15, -0.1) is 0 Å². The van der Waals surface area contributed by atoms with E-state index < -0.39 is 5.97 Å². The van der Waals surface area contributed by atoms with Crippen LogP contribution in [0.2, 0.25) is 5.02 Å². The van der Waals surface area contributed by atoms with Crippen LogP contribution in [-0.4, -0.2) is 32.3 Å². The van der Waals surface area contributed by atoms with E-state index in [9.17, 15) is 4.79 Å². The highest BCUT2D eigenvalue weighted by molar-refractivity contribution is 6.30. The Balaban J connectivity index is 2.52. The van der Waals surface area contributed by atoms with Gasteiger partial charge in [-0.2, -0.15) is 0 Å². The molecule has 0 saturated carbocycles. The molecule has 0 bridgehead atoms. The summed E-state index contributed by atoms with van der Waals surface area (Å²) >= 11 is 5.92. The Morgan fingerprint density at radius 3 is 2.71 bits per heavy atom. The van der Waals surface area contributed by atoms with Crippen molar-refractivity contribution < 1.29 is 23.4 Å². The zero-order valence-electron chi connectivity index (χ0n) is 11.8. The second-order valence-corrected chi connectivity index (χ2v) is 4.50. The monoisotopic (exact) mass is 311 g/mol. The first kappa shape index (κ1) is 15.3. The molecule has 0 spiro atoms. The SMILES string of the molecule is COCc1nc(-c2ccc(Cl)cc2OC)oc1C(=O)OC. The summed E-state index contributed by atoms with van der Waals surface area (Å²) < 4.78 is 20.4. The fraction of sp³-hybridized carbons (Fsp3) is 0.286. The number of oxazole rings is 1. The summed E-state index contributed by atoms with van der Waals surface area (Å²) in [5, 5.41) is 0.521. The van der Waals surface area contributed by atoms with Crippen molar-refractivity contribution in [2.75, 3.05) is 21.3 Å². The summed E-state index contributed by atoms with van der Waals surface area (Å²) in [6.07, 6.45) is 0. The molecule has 21 heavy (non-hydrogen) atoms. The molecule has 112 valence electrons. The molecule has 0 fully saturated rings. The Morgan fingerprint density at radius 2 is 2.10 bits per heavy atom. The Kier molecular flexibility index (Phi) is 4.82. The molecule has 2 aromatic rings. The molecule has 0 saturated heterocycles. The van der Waals surface area contributed by atoms with Crippen molar-refractivity contribution >= 4 is 17.6 Å². The fourth-order valence-electron chi connectivity index (χ4n) is 1.80. The average molecular weight is 312 g/mol. The Bertz CT molecular complexity index is 653. The zero-order valence-corrected chi connectivity index (χ0v) is 12.6. The number of nitrogens with zero attached hydrogens (tertiary/aromatic N) is 1. The molecule has 1 aromatic heterocycles. The second kappa shape index (κ2) is 6.60. The molecule has 0 unspecified atom stereocenters. The van der Waals surface area contributed by atoms with E-state index in [1.807, 2.05) is 0 Å². The molecule has 0 aliphatic carbocycles. The minimum Gasteiger partial charge on any atom is -0.496 e. The number of hydrogen-bond donors (Lipinski definition) is 0. The minimum atomic E-state index is -0.617. The molecule has 0 amide bonds. The van der Waals surface area contributed by atoms with Crippen molar-refractivity contribution in [2.45, 2.75) is 6.61 Å². The van der Waals surface area contributed by atoms with Crippen LogP contribution >= 0.6 is 11.6 Å². The van der Waals surface area contributed by atoms with Crippen molar-refractivity contribution in [2.24, 2.45) is 0 Å². The van der Waals surface area contributed by atoms with Gasteiger partial charge in [-0.1, -0.05) is 11.6 Å². The van der Waals surface area contributed by atoms with E-state index in [4.69, 9.17) is 25.5 Å².